The van der Waals surface area contributed by atoms with Gasteiger partial charge in [0.1, 0.15) is 0 Å². The fourth-order valence-corrected chi connectivity index (χ4v) is 3.18. The van der Waals surface area contributed by atoms with Crippen LogP contribution in [0.2, 0.25) is 0 Å². The monoisotopic (exact) mass is 321 g/mol. The van der Waals surface area contributed by atoms with Crippen molar-refractivity contribution in [3.8, 4) is 0 Å². The first kappa shape index (κ1) is 12.7. The molecule has 1 atom stereocenters. The van der Waals surface area contributed by atoms with E-state index in [1.807, 2.05) is 29.3 Å². The van der Waals surface area contributed by atoms with Crippen LogP contribution in [0, 0.1) is 0 Å². The fourth-order valence-electron chi connectivity index (χ4n) is 2.60. The number of carbonyl (C=O) groups is 1. The number of hydrogen-bond acceptors (Lipinski definition) is 2. The van der Waals surface area contributed by atoms with Gasteiger partial charge < -0.3 is 15.2 Å². The van der Waals surface area contributed by atoms with E-state index in [1.54, 1.807) is 0 Å². The number of H-pyrrole nitrogens is 1. The Hall–Kier alpha value is -1.33. The van der Waals surface area contributed by atoms with Gasteiger partial charge in [0.2, 0.25) is 0 Å². The zero-order valence-corrected chi connectivity index (χ0v) is 12.3. The number of aromatic amines is 1. The molecule has 5 heteroatoms. The van der Waals surface area contributed by atoms with Gasteiger partial charge in [0.25, 0.3) is 5.91 Å². The van der Waals surface area contributed by atoms with Crippen molar-refractivity contribution in [2.45, 2.75) is 13.0 Å². The molecule has 1 aliphatic heterocycles. The van der Waals surface area contributed by atoms with Crippen LogP contribution in [0.25, 0.3) is 10.9 Å². The number of amides is 1. The van der Waals surface area contributed by atoms with Gasteiger partial charge in [-0.15, -0.1) is 0 Å². The van der Waals surface area contributed by atoms with Gasteiger partial charge in [-0.25, -0.2) is 0 Å². The van der Waals surface area contributed by atoms with E-state index in [1.165, 1.54) is 0 Å². The Morgan fingerprint density at radius 3 is 3.11 bits per heavy atom. The minimum Gasteiger partial charge on any atom is -0.360 e. The highest BCUT2D eigenvalue weighted by Gasteiger charge is 2.24. The molecule has 19 heavy (non-hydrogen) atoms. The topological polar surface area (TPSA) is 48.1 Å². The average Bonchev–Trinajstić information content (AvgIpc) is 2.83. The van der Waals surface area contributed by atoms with Crippen LogP contribution in [-0.2, 0) is 0 Å². The number of rotatable bonds is 1. The number of nitrogens with one attached hydrogen (secondary N) is 2. The summed E-state index contributed by atoms with van der Waals surface area (Å²) < 4.78 is 0.956. The second-order valence-corrected chi connectivity index (χ2v) is 5.83. The summed E-state index contributed by atoms with van der Waals surface area (Å²) in [6.07, 6.45) is 1.81. The first-order valence-electron chi connectivity index (χ1n) is 6.45. The van der Waals surface area contributed by atoms with Crippen LogP contribution in [0.1, 0.15) is 17.3 Å². The molecule has 2 aromatic rings. The Labute approximate surface area is 120 Å². The first-order chi connectivity index (χ1) is 9.16. The van der Waals surface area contributed by atoms with E-state index in [0.29, 0.717) is 6.04 Å². The van der Waals surface area contributed by atoms with E-state index < -0.39 is 0 Å². The molecule has 1 amide bonds. The van der Waals surface area contributed by atoms with Gasteiger partial charge in [-0.3, -0.25) is 4.79 Å². The van der Waals surface area contributed by atoms with Gasteiger partial charge in [0.15, 0.2) is 0 Å². The lowest BCUT2D eigenvalue weighted by atomic mass is 10.1. The van der Waals surface area contributed by atoms with Crippen LogP contribution in [0.4, 0.5) is 0 Å². The van der Waals surface area contributed by atoms with Crippen molar-refractivity contribution in [1.82, 2.24) is 15.2 Å². The summed E-state index contributed by atoms with van der Waals surface area (Å²) in [6, 6.07) is 6.26. The maximum Gasteiger partial charge on any atom is 0.256 e. The smallest absolute Gasteiger partial charge is 0.256 e. The summed E-state index contributed by atoms with van der Waals surface area (Å²) in [6.45, 7) is 4.48. The van der Waals surface area contributed by atoms with Gasteiger partial charge in [-0.2, -0.15) is 0 Å². The van der Waals surface area contributed by atoms with E-state index >= 15 is 0 Å². The fraction of sp³-hybridized carbons (Fsp3) is 0.357. The van der Waals surface area contributed by atoms with Crippen LogP contribution in [-0.4, -0.2) is 41.5 Å². The van der Waals surface area contributed by atoms with Gasteiger partial charge in [0, 0.05) is 47.2 Å². The summed E-state index contributed by atoms with van der Waals surface area (Å²) in [4.78, 5) is 17.7. The Balaban J connectivity index is 1.97. The number of benzene rings is 1. The van der Waals surface area contributed by atoms with Crippen molar-refractivity contribution in [2.24, 2.45) is 0 Å². The van der Waals surface area contributed by atoms with Crippen LogP contribution in [0.15, 0.2) is 28.9 Å². The zero-order chi connectivity index (χ0) is 13.4. The van der Waals surface area contributed by atoms with Crippen LogP contribution < -0.4 is 5.32 Å². The second-order valence-electron chi connectivity index (χ2n) is 4.97. The SMILES string of the molecule is C[C@@H]1CN(C(=O)c2c[nH]c3cccc(Br)c23)CCN1. The van der Waals surface area contributed by atoms with Gasteiger partial charge in [-0.05, 0) is 19.1 Å². The van der Waals surface area contributed by atoms with Gasteiger partial charge in [0.05, 0.1) is 5.56 Å². The maximum atomic E-state index is 12.6. The minimum absolute atomic E-state index is 0.103. The molecule has 0 saturated carbocycles. The third-order valence-electron chi connectivity index (χ3n) is 3.54. The summed E-state index contributed by atoms with van der Waals surface area (Å²) in [5.74, 6) is 0.103. The Morgan fingerprint density at radius 2 is 2.32 bits per heavy atom. The number of nitrogens with zero attached hydrogens (tertiary/aromatic N) is 1. The predicted molar refractivity (Wildman–Crippen MR) is 79.4 cm³/mol. The maximum absolute atomic E-state index is 12.6. The number of halogens is 1. The molecule has 2 N–H and O–H groups in total. The van der Waals surface area contributed by atoms with Gasteiger partial charge in [-0.1, -0.05) is 22.0 Å². The third kappa shape index (κ3) is 2.28. The summed E-state index contributed by atoms with van der Waals surface area (Å²) >= 11 is 3.53. The molecule has 100 valence electrons. The summed E-state index contributed by atoms with van der Waals surface area (Å²) in [5, 5.41) is 4.32. The van der Waals surface area contributed by atoms with Crippen LogP contribution in [0.5, 0.6) is 0 Å². The van der Waals surface area contributed by atoms with E-state index in [0.717, 1.165) is 40.6 Å². The molecule has 1 saturated heterocycles. The number of aromatic nitrogens is 1. The molecular formula is C14H16BrN3O. The van der Waals surface area contributed by atoms with E-state index in [9.17, 15) is 4.79 Å². The molecule has 3 rings (SSSR count). The summed E-state index contributed by atoms with van der Waals surface area (Å²) in [5.41, 5.74) is 1.73. The molecule has 1 aromatic heterocycles. The van der Waals surface area contributed by atoms with Crippen molar-refractivity contribution in [3.63, 3.8) is 0 Å². The highest BCUT2D eigenvalue weighted by molar-refractivity contribution is 9.10. The Bertz CT molecular complexity index is 622. The van der Waals surface area contributed by atoms with Crippen LogP contribution in [0.3, 0.4) is 0 Å². The molecule has 0 unspecified atom stereocenters. The van der Waals surface area contributed by atoms with E-state index in [-0.39, 0.29) is 5.91 Å². The van der Waals surface area contributed by atoms with Crippen molar-refractivity contribution in [3.05, 3.63) is 34.4 Å². The highest BCUT2D eigenvalue weighted by atomic mass is 79.9. The lowest BCUT2D eigenvalue weighted by molar-refractivity contribution is 0.0711. The molecule has 0 radical (unpaired) electrons. The number of carbonyl (C=O) groups excluding carboxylic acids is 1. The first-order valence-corrected chi connectivity index (χ1v) is 7.24. The standard InChI is InChI=1S/C14H16BrN3O/c1-9-8-18(6-5-16-9)14(19)10-7-17-12-4-2-3-11(15)13(10)12/h2-4,7,9,16-17H,5-6,8H2,1H3/t9-/m1/s1. The number of fused-ring (bicyclic) bond motifs is 1. The van der Waals surface area contributed by atoms with E-state index in [4.69, 9.17) is 0 Å². The van der Waals surface area contributed by atoms with E-state index in [2.05, 4.69) is 33.2 Å². The molecule has 2 heterocycles. The molecule has 0 bridgehead atoms. The quantitative estimate of drug-likeness (QED) is 0.847. The lowest BCUT2D eigenvalue weighted by Crippen LogP contribution is -2.51. The molecule has 0 aliphatic carbocycles. The lowest BCUT2D eigenvalue weighted by Gasteiger charge is -2.31. The molecule has 1 aliphatic rings. The van der Waals surface area contributed by atoms with Crippen molar-refractivity contribution in [1.29, 1.82) is 0 Å². The largest absolute Gasteiger partial charge is 0.360 e. The van der Waals surface area contributed by atoms with Crippen LogP contribution >= 0.6 is 15.9 Å². The van der Waals surface area contributed by atoms with Gasteiger partial charge >= 0.3 is 0 Å². The predicted octanol–water partition coefficient (Wildman–Crippen LogP) is 2.36. The third-order valence-corrected chi connectivity index (χ3v) is 4.20. The number of hydrogen-bond donors (Lipinski definition) is 2. The highest BCUT2D eigenvalue weighted by Crippen LogP contribution is 2.27. The average molecular weight is 322 g/mol. The van der Waals surface area contributed by atoms with Crippen molar-refractivity contribution >= 4 is 32.7 Å². The number of piperazine rings is 1. The normalized spacial score (nSPS) is 19.9. The van der Waals surface area contributed by atoms with Crippen molar-refractivity contribution < 1.29 is 4.79 Å². The molecular weight excluding hydrogens is 306 g/mol. The molecule has 4 nitrogen and oxygen atoms in total. The summed E-state index contributed by atoms with van der Waals surface area (Å²) in [7, 11) is 0. The molecule has 1 fully saturated rings. The molecule has 0 spiro atoms. The van der Waals surface area contributed by atoms with Crippen molar-refractivity contribution in [2.75, 3.05) is 19.6 Å². The molecule has 1 aromatic carbocycles. The Kier molecular flexibility index (Phi) is 3.33. The second kappa shape index (κ2) is 4.98. The minimum atomic E-state index is 0.103. The Morgan fingerprint density at radius 1 is 1.47 bits per heavy atom. The zero-order valence-electron chi connectivity index (χ0n) is 10.7.